The molecule has 4 N–H and O–H groups in total. The third kappa shape index (κ3) is 3.97. The molecule has 0 bridgehead atoms. The van der Waals surface area contributed by atoms with Crippen LogP contribution in [0.25, 0.3) is 0 Å². The molecule has 1 aliphatic rings. The molecule has 23 heavy (non-hydrogen) atoms. The molecule has 0 saturated carbocycles. The molecule has 1 heterocycles. The number of hydrogen-bond acceptors (Lipinski definition) is 6. The topological polar surface area (TPSA) is 94.4 Å². The van der Waals surface area contributed by atoms with Crippen LogP contribution in [-0.4, -0.2) is 36.9 Å². The van der Waals surface area contributed by atoms with Crippen molar-refractivity contribution >= 4 is 11.7 Å². The zero-order valence-electron chi connectivity index (χ0n) is 13.7. The van der Waals surface area contributed by atoms with E-state index < -0.39 is 6.10 Å². The van der Waals surface area contributed by atoms with Crippen LogP contribution < -0.4 is 10.6 Å². The summed E-state index contributed by atoms with van der Waals surface area (Å²) in [6, 6.07) is 3.47. The van der Waals surface area contributed by atoms with Gasteiger partial charge in [-0.2, -0.15) is 0 Å². The first-order chi connectivity index (χ1) is 10.9. The molecule has 2 rings (SSSR count). The van der Waals surface area contributed by atoms with Crippen LogP contribution in [0, 0.1) is 12.3 Å². The summed E-state index contributed by atoms with van der Waals surface area (Å²) in [4.78, 5) is 11.5. The molecule has 1 unspecified atom stereocenters. The van der Waals surface area contributed by atoms with Crippen LogP contribution in [0.3, 0.4) is 0 Å². The Morgan fingerprint density at radius 2 is 2.26 bits per heavy atom. The Labute approximate surface area is 136 Å². The molecule has 0 spiro atoms. The van der Waals surface area contributed by atoms with Gasteiger partial charge in [0.1, 0.15) is 6.61 Å². The molecule has 0 saturated heterocycles. The fraction of sp³-hybridized carbons (Fsp3) is 0.412. The summed E-state index contributed by atoms with van der Waals surface area (Å²) in [7, 11) is 1.81. The first-order valence-electron chi connectivity index (χ1n) is 7.55. The molecular formula is C17H23N3O3. The van der Waals surface area contributed by atoms with Crippen molar-refractivity contribution in [3.63, 3.8) is 0 Å². The Bertz CT molecular complexity index is 653. The van der Waals surface area contributed by atoms with Gasteiger partial charge in [0.15, 0.2) is 0 Å². The predicted molar refractivity (Wildman–Crippen MR) is 88.7 cm³/mol. The van der Waals surface area contributed by atoms with Gasteiger partial charge in [-0.25, -0.2) is 4.79 Å². The van der Waals surface area contributed by atoms with Crippen LogP contribution in [0.5, 0.6) is 0 Å². The standard InChI is InChI=1S/C17H23N3O3/c1-10(19-3)6-12(18)7-20-8-16(21)13-4-5-14-15(11(13)2)9-23-17(14)22/h4-6,16,18-21H,7-9H2,1-3H3/b10-6-,18-12?. The molecule has 0 fully saturated rings. The molecule has 6 nitrogen and oxygen atoms in total. The van der Waals surface area contributed by atoms with Gasteiger partial charge in [0, 0.05) is 37.1 Å². The number of cyclic esters (lactones) is 1. The zero-order chi connectivity index (χ0) is 17.0. The summed E-state index contributed by atoms with van der Waals surface area (Å²) in [6.45, 7) is 4.76. The Morgan fingerprint density at radius 3 is 2.96 bits per heavy atom. The van der Waals surface area contributed by atoms with Crippen LogP contribution in [0.2, 0.25) is 0 Å². The number of rotatable bonds is 7. The van der Waals surface area contributed by atoms with E-state index in [1.807, 2.05) is 13.8 Å². The number of benzene rings is 1. The summed E-state index contributed by atoms with van der Waals surface area (Å²) in [5.41, 5.74) is 4.46. The molecule has 0 radical (unpaired) electrons. The van der Waals surface area contributed by atoms with E-state index in [9.17, 15) is 9.90 Å². The number of esters is 1. The maximum absolute atomic E-state index is 11.5. The third-order valence-corrected chi connectivity index (χ3v) is 4.01. The van der Waals surface area contributed by atoms with E-state index in [-0.39, 0.29) is 12.6 Å². The van der Waals surface area contributed by atoms with E-state index in [2.05, 4.69) is 10.6 Å². The molecule has 124 valence electrons. The molecule has 0 amide bonds. The van der Waals surface area contributed by atoms with Gasteiger partial charge in [0.2, 0.25) is 0 Å². The molecule has 6 heteroatoms. The molecule has 0 aromatic heterocycles. The zero-order valence-corrected chi connectivity index (χ0v) is 13.7. The van der Waals surface area contributed by atoms with Crippen molar-refractivity contribution in [3.8, 4) is 0 Å². The molecule has 1 atom stereocenters. The number of allylic oxidation sites excluding steroid dienone is 1. The van der Waals surface area contributed by atoms with E-state index in [0.29, 0.717) is 24.4 Å². The van der Waals surface area contributed by atoms with Gasteiger partial charge < -0.3 is 25.9 Å². The number of ether oxygens (including phenoxy) is 1. The lowest BCUT2D eigenvalue weighted by Gasteiger charge is -2.16. The lowest BCUT2D eigenvalue weighted by molar-refractivity contribution is 0.0535. The average Bonchev–Trinajstić information content (AvgIpc) is 2.89. The highest BCUT2D eigenvalue weighted by molar-refractivity contribution is 5.94. The van der Waals surface area contributed by atoms with Crippen molar-refractivity contribution in [2.45, 2.75) is 26.6 Å². The van der Waals surface area contributed by atoms with Gasteiger partial charge >= 0.3 is 5.97 Å². The number of carbonyl (C=O) groups excluding carboxylic acids is 1. The summed E-state index contributed by atoms with van der Waals surface area (Å²) in [6.07, 6.45) is 1.04. The Morgan fingerprint density at radius 1 is 1.52 bits per heavy atom. The van der Waals surface area contributed by atoms with Gasteiger partial charge in [0.05, 0.1) is 11.7 Å². The lowest BCUT2D eigenvalue weighted by Crippen LogP contribution is -2.27. The van der Waals surface area contributed by atoms with E-state index in [4.69, 9.17) is 10.1 Å². The number of carbonyl (C=O) groups is 1. The second-order valence-corrected chi connectivity index (χ2v) is 5.63. The average molecular weight is 317 g/mol. The number of aliphatic hydroxyl groups is 1. The second kappa shape index (κ2) is 7.39. The summed E-state index contributed by atoms with van der Waals surface area (Å²) in [5, 5.41) is 24.2. The molecule has 0 aliphatic carbocycles. The molecular weight excluding hydrogens is 294 g/mol. The highest BCUT2D eigenvalue weighted by atomic mass is 16.5. The highest BCUT2D eigenvalue weighted by Crippen LogP contribution is 2.28. The van der Waals surface area contributed by atoms with Crippen LogP contribution in [-0.2, 0) is 11.3 Å². The summed E-state index contributed by atoms with van der Waals surface area (Å²) >= 11 is 0. The van der Waals surface area contributed by atoms with Crippen molar-refractivity contribution in [2.24, 2.45) is 0 Å². The monoisotopic (exact) mass is 317 g/mol. The van der Waals surface area contributed by atoms with Gasteiger partial charge in [-0.05, 0) is 37.1 Å². The number of aliphatic hydroxyl groups excluding tert-OH is 1. The number of nitrogens with one attached hydrogen (secondary N) is 3. The van der Waals surface area contributed by atoms with Crippen LogP contribution in [0.1, 0.15) is 40.1 Å². The summed E-state index contributed by atoms with van der Waals surface area (Å²) in [5.74, 6) is -0.303. The first kappa shape index (κ1) is 17.2. The van der Waals surface area contributed by atoms with E-state index >= 15 is 0 Å². The lowest BCUT2D eigenvalue weighted by atomic mass is 9.95. The van der Waals surface area contributed by atoms with Crippen molar-refractivity contribution in [3.05, 3.63) is 46.2 Å². The predicted octanol–water partition coefficient (Wildman–Crippen LogP) is 1.43. The molecule has 1 aliphatic heterocycles. The minimum atomic E-state index is -0.696. The summed E-state index contributed by atoms with van der Waals surface area (Å²) < 4.78 is 5.02. The van der Waals surface area contributed by atoms with E-state index in [1.54, 1.807) is 25.3 Å². The Balaban J connectivity index is 1.96. The van der Waals surface area contributed by atoms with Gasteiger partial charge in [0.25, 0.3) is 0 Å². The quantitative estimate of drug-likeness (QED) is 0.451. The fourth-order valence-corrected chi connectivity index (χ4v) is 2.57. The smallest absolute Gasteiger partial charge is 0.338 e. The van der Waals surface area contributed by atoms with E-state index in [0.717, 1.165) is 22.4 Å². The highest BCUT2D eigenvalue weighted by Gasteiger charge is 2.25. The van der Waals surface area contributed by atoms with Gasteiger partial charge in [-0.15, -0.1) is 0 Å². The maximum Gasteiger partial charge on any atom is 0.338 e. The Hall–Kier alpha value is -2.18. The maximum atomic E-state index is 11.5. The van der Waals surface area contributed by atoms with Crippen molar-refractivity contribution in [1.29, 1.82) is 5.41 Å². The second-order valence-electron chi connectivity index (χ2n) is 5.63. The van der Waals surface area contributed by atoms with Crippen molar-refractivity contribution in [1.82, 2.24) is 10.6 Å². The van der Waals surface area contributed by atoms with Gasteiger partial charge in [-0.3, -0.25) is 0 Å². The third-order valence-electron chi connectivity index (χ3n) is 4.01. The van der Waals surface area contributed by atoms with Crippen molar-refractivity contribution in [2.75, 3.05) is 20.1 Å². The minimum absolute atomic E-state index is 0.271. The molecule has 1 aromatic rings. The van der Waals surface area contributed by atoms with Crippen LogP contribution in [0.4, 0.5) is 0 Å². The largest absolute Gasteiger partial charge is 0.457 e. The fourth-order valence-electron chi connectivity index (χ4n) is 2.57. The first-order valence-corrected chi connectivity index (χ1v) is 7.55. The minimum Gasteiger partial charge on any atom is -0.457 e. The Kier molecular flexibility index (Phi) is 5.52. The molecule has 1 aromatic carbocycles. The van der Waals surface area contributed by atoms with E-state index in [1.165, 1.54) is 0 Å². The normalized spacial score (nSPS) is 15.1. The number of fused-ring (bicyclic) bond motifs is 1. The van der Waals surface area contributed by atoms with Crippen LogP contribution in [0.15, 0.2) is 23.9 Å². The number of hydrogen-bond donors (Lipinski definition) is 4. The van der Waals surface area contributed by atoms with Crippen LogP contribution >= 0.6 is 0 Å². The SMILES string of the molecule is CN/C(C)=C\C(=N)CNCC(O)c1ccc2c(c1C)COC2=O. The van der Waals surface area contributed by atoms with Crippen molar-refractivity contribution < 1.29 is 14.6 Å². The van der Waals surface area contributed by atoms with Gasteiger partial charge in [-0.1, -0.05) is 6.07 Å².